The maximum atomic E-state index is 12.1. The average Bonchev–Trinajstić information content (AvgIpc) is 2.14. The van der Waals surface area contributed by atoms with Crippen LogP contribution in [0, 0.1) is 0 Å². The lowest BCUT2D eigenvalue weighted by Gasteiger charge is -2.31. The molecule has 3 nitrogen and oxygen atoms in total. The van der Waals surface area contributed by atoms with E-state index in [1.54, 1.807) is 18.2 Å². The molecule has 1 amide bonds. The molecular formula is C11H14Cl2N2O. The largest absolute Gasteiger partial charge is 0.271 e. The van der Waals surface area contributed by atoms with Gasteiger partial charge in [0.2, 0.25) is 0 Å². The second-order valence-corrected chi connectivity index (χ2v) is 5.26. The van der Waals surface area contributed by atoms with Gasteiger partial charge in [0.1, 0.15) is 0 Å². The molecule has 1 aromatic rings. The second-order valence-electron chi connectivity index (χ2n) is 4.44. The van der Waals surface area contributed by atoms with E-state index in [1.165, 1.54) is 0 Å². The number of hydrazine groups is 1. The second kappa shape index (κ2) is 4.62. The van der Waals surface area contributed by atoms with E-state index >= 15 is 0 Å². The normalized spacial score (nSPS) is 11.4. The van der Waals surface area contributed by atoms with Crippen LogP contribution in [0.5, 0.6) is 0 Å². The van der Waals surface area contributed by atoms with Crippen molar-refractivity contribution in [1.82, 2.24) is 5.01 Å². The minimum Gasteiger partial charge on any atom is -0.271 e. The summed E-state index contributed by atoms with van der Waals surface area (Å²) < 4.78 is 0. The summed E-state index contributed by atoms with van der Waals surface area (Å²) in [6.07, 6.45) is 0. The Kier molecular flexibility index (Phi) is 3.84. The Hall–Kier alpha value is -0.770. The van der Waals surface area contributed by atoms with Gasteiger partial charge in [0.25, 0.3) is 5.91 Å². The molecule has 0 spiro atoms. The Balaban J connectivity index is 3.16. The van der Waals surface area contributed by atoms with Crippen LogP contribution in [0.3, 0.4) is 0 Å². The fraction of sp³-hybridized carbons (Fsp3) is 0.364. The van der Waals surface area contributed by atoms with Gasteiger partial charge in [0.05, 0.1) is 21.1 Å². The third-order valence-corrected chi connectivity index (χ3v) is 2.75. The smallest absolute Gasteiger partial charge is 0.271 e. The van der Waals surface area contributed by atoms with E-state index in [0.29, 0.717) is 10.0 Å². The molecule has 2 N–H and O–H groups in total. The van der Waals surface area contributed by atoms with Crippen LogP contribution in [-0.4, -0.2) is 16.5 Å². The topological polar surface area (TPSA) is 46.3 Å². The number of halogens is 2. The first-order valence-electron chi connectivity index (χ1n) is 4.78. The van der Waals surface area contributed by atoms with Gasteiger partial charge in [-0.15, -0.1) is 0 Å². The molecule has 0 unspecified atom stereocenters. The molecule has 1 aromatic carbocycles. The fourth-order valence-corrected chi connectivity index (χ4v) is 1.69. The molecule has 0 aromatic heterocycles. The zero-order valence-electron chi connectivity index (χ0n) is 9.42. The third kappa shape index (κ3) is 2.67. The molecular weight excluding hydrogens is 247 g/mol. The molecule has 0 heterocycles. The predicted octanol–water partition coefficient (Wildman–Crippen LogP) is 3.11. The Bertz CT molecular complexity index is 393. The number of nitrogens with zero attached hydrogens (tertiary/aromatic N) is 1. The average molecular weight is 261 g/mol. The molecule has 1 rings (SSSR count). The lowest BCUT2D eigenvalue weighted by atomic mass is 10.1. The van der Waals surface area contributed by atoms with Crippen LogP contribution in [0.2, 0.25) is 10.0 Å². The van der Waals surface area contributed by atoms with Crippen molar-refractivity contribution in [3.05, 3.63) is 33.8 Å². The van der Waals surface area contributed by atoms with Crippen LogP contribution in [0.1, 0.15) is 31.1 Å². The van der Waals surface area contributed by atoms with Gasteiger partial charge in [-0.1, -0.05) is 29.3 Å². The third-order valence-electron chi connectivity index (χ3n) is 2.12. The number of hydrogen-bond acceptors (Lipinski definition) is 2. The molecule has 0 aliphatic carbocycles. The van der Waals surface area contributed by atoms with Crippen LogP contribution in [0.25, 0.3) is 0 Å². The summed E-state index contributed by atoms with van der Waals surface area (Å²) in [5.74, 6) is 5.34. The lowest BCUT2D eigenvalue weighted by molar-refractivity contribution is 0.0582. The minimum atomic E-state index is -0.487. The van der Waals surface area contributed by atoms with Crippen LogP contribution in [0.4, 0.5) is 0 Å². The van der Waals surface area contributed by atoms with Gasteiger partial charge >= 0.3 is 0 Å². The monoisotopic (exact) mass is 260 g/mol. The quantitative estimate of drug-likeness (QED) is 0.479. The van der Waals surface area contributed by atoms with E-state index in [1.807, 2.05) is 20.8 Å². The first-order chi connectivity index (χ1) is 7.25. The molecule has 88 valence electrons. The number of rotatable bonds is 1. The summed E-state index contributed by atoms with van der Waals surface area (Å²) >= 11 is 11.9. The first-order valence-corrected chi connectivity index (χ1v) is 5.54. The van der Waals surface area contributed by atoms with Crippen molar-refractivity contribution < 1.29 is 4.79 Å². The number of nitrogens with two attached hydrogens (primary N) is 1. The molecule has 0 fully saturated rings. The van der Waals surface area contributed by atoms with Crippen molar-refractivity contribution in [3.8, 4) is 0 Å². The van der Waals surface area contributed by atoms with Crippen LogP contribution in [0.15, 0.2) is 18.2 Å². The zero-order valence-corrected chi connectivity index (χ0v) is 10.9. The molecule has 0 aliphatic heterocycles. The van der Waals surface area contributed by atoms with Gasteiger partial charge in [0.15, 0.2) is 0 Å². The van der Waals surface area contributed by atoms with E-state index in [-0.39, 0.29) is 11.5 Å². The number of hydrogen-bond donors (Lipinski definition) is 1. The van der Waals surface area contributed by atoms with Gasteiger partial charge in [-0.25, -0.2) is 5.84 Å². The highest BCUT2D eigenvalue weighted by Gasteiger charge is 2.27. The van der Waals surface area contributed by atoms with Crippen molar-refractivity contribution in [2.45, 2.75) is 26.3 Å². The number of benzene rings is 1. The summed E-state index contributed by atoms with van der Waals surface area (Å²) in [6.45, 7) is 5.49. The maximum Gasteiger partial charge on any atom is 0.271 e. The summed E-state index contributed by atoms with van der Waals surface area (Å²) in [7, 11) is 0. The van der Waals surface area contributed by atoms with Crippen molar-refractivity contribution in [1.29, 1.82) is 0 Å². The predicted molar refractivity (Wildman–Crippen MR) is 66.6 cm³/mol. The van der Waals surface area contributed by atoms with Gasteiger partial charge < -0.3 is 0 Å². The molecule has 0 bridgehead atoms. The Morgan fingerprint density at radius 2 is 1.69 bits per heavy atom. The molecule has 0 radical (unpaired) electrons. The van der Waals surface area contributed by atoms with Crippen molar-refractivity contribution in [2.24, 2.45) is 5.84 Å². The van der Waals surface area contributed by atoms with E-state index in [9.17, 15) is 4.79 Å². The summed E-state index contributed by atoms with van der Waals surface area (Å²) in [6, 6.07) is 4.90. The zero-order chi connectivity index (χ0) is 12.5. The molecule has 0 atom stereocenters. The highest BCUT2D eigenvalue weighted by atomic mass is 35.5. The number of amides is 1. The molecule has 16 heavy (non-hydrogen) atoms. The Labute approximate surface area is 105 Å². The number of carbonyl (C=O) groups is 1. The Morgan fingerprint density at radius 1 is 1.25 bits per heavy atom. The standard InChI is InChI=1S/C11H14Cl2N2O/c1-11(2,3)15(14)10(16)9-7(12)5-4-6-8(9)13/h4-6H,14H2,1-3H3. The SMILES string of the molecule is CC(C)(C)N(N)C(=O)c1c(Cl)cccc1Cl. The molecule has 5 heteroatoms. The molecule has 0 aliphatic rings. The van der Waals surface area contributed by atoms with E-state index in [2.05, 4.69) is 0 Å². The van der Waals surface area contributed by atoms with Gasteiger partial charge in [0, 0.05) is 0 Å². The van der Waals surface area contributed by atoms with Crippen molar-refractivity contribution in [3.63, 3.8) is 0 Å². The fourth-order valence-electron chi connectivity index (χ4n) is 1.13. The van der Waals surface area contributed by atoms with E-state index in [4.69, 9.17) is 29.0 Å². The summed E-state index contributed by atoms with van der Waals surface area (Å²) in [5.41, 5.74) is -0.247. The minimum absolute atomic E-state index is 0.239. The van der Waals surface area contributed by atoms with Crippen LogP contribution >= 0.6 is 23.2 Å². The van der Waals surface area contributed by atoms with Gasteiger partial charge in [-0.05, 0) is 32.9 Å². The van der Waals surface area contributed by atoms with Gasteiger partial charge in [-0.2, -0.15) is 0 Å². The van der Waals surface area contributed by atoms with Crippen LogP contribution < -0.4 is 5.84 Å². The van der Waals surface area contributed by atoms with Crippen molar-refractivity contribution >= 4 is 29.1 Å². The van der Waals surface area contributed by atoms with E-state index in [0.717, 1.165) is 5.01 Å². The van der Waals surface area contributed by atoms with Crippen LogP contribution in [-0.2, 0) is 0 Å². The van der Waals surface area contributed by atoms with E-state index < -0.39 is 5.54 Å². The first kappa shape index (κ1) is 13.3. The lowest BCUT2D eigenvalue weighted by Crippen LogP contribution is -2.50. The van der Waals surface area contributed by atoms with Gasteiger partial charge in [-0.3, -0.25) is 9.80 Å². The highest BCUT2D eigenvalue weighted by molar-refractivity contribution is 6.39. The van der Waals surface area contributed by atoms with Crippen molar-refractivity contribution in [2.75, 3.05) is 0 Å². The Morgan fingerprint density at radius 3 is 2.06 bits per heavy atom. The highest BCUT2D eigenvalue weighted by Crippen LogP contribution is 2.26. The number of carbonyl (C=O) groups excluding carboxylic acids is 1. The summed E-state index contributed by atoms with van der Waals surface area (Å²) in [4.78, 5) is 12.1. The molecule has 0 saturated heterocycles. The molecule has 0 saturated carbocycles. The maximum absolute atomic E-state index is 12.1. The summed E-state index contributed by atoms with van der Waals surface area (Å²) in [5, 5.41) is 1.73.